The zero-order valence-corrected chi connectivity index (χ0v) is 10.6. The van der Waals surface area contributed by atoms with E-state index in [9.17, 15) is 4.79 Å². The summed E-state index contributed by atoms with van der Waals surface area (Å²) in [4.78, 5) is 10.2. The van der Waals surface area contributed by atoms with Crippen LogP contribution in [0.3, 0.4) is 0 Å². The Labute approximate surface area is 109 Å². The Balaban J connectivity index is 1.90. The minimum Gasteiger partial charge on any atom is -0.484 e. The van der Waals surface area contributed by atoms with E-state index in [1.165, 1.54) is 11.8 Å². The fourth-order valence-electron chi connectivity index (χ4n) is 1.31. The lowest BCUT2D eigenvalue weighted by molar-refractivity contribution is -0.105. The highest BCUT2D eigenvalue weighted by Crippen LogP contribution is 2.17. The third-order valence-electron chi connectivity index (χ3n) is 2.08. The standard InChI is InChI=1S/C12H12N2O3S/c1-9-3-2-4-10(7-9)16-8-11-13-14-12(17-11)18-6-5-15/h2-5,7H,6,8H2,1H3. The summed E-state index contributed by atoms with van der Waals surface area (Å²) in [5.41, 5.74) is 1.13. The molecular formula is C12H12N2O3S. The van der Waals surface area contributed by atoms with Crippen molar-refractivity contribution in [2.75, 3.05) is 5.75 Å². The second kappa shape index (κ2) is 6.20. The molecule has 0 aliphatic rings. The van der Waals surface area contributed by atoms with Gasteiger partial charge in [0.15, 0.2) is 6.61 Å². The van der Waals surface area contributed by atoms with E-state index in [1.807, 2.05) is 31.2 Å². The molecule has 0 unspecified atom stereocenters. The summed E-state index contributed by atoms with van der Waals surface area (Å²) in [5.74, 6) is 1.46. The number of rotatable bonds is 6. The molecule has 94 valence electrons. The number of aldehydes is 1. The monoisotopic (exact) mass is 264 g/mol. The van der Waals surface area contributed by atoms with Crippen molar-refractivity contribution < 1.29 is 13.9 Å². The van der Waals surface area contributed by atoms with E-state index in [1.54, 1.807) is 0 Å². The summed E-state index contributed by atoms with van der Waals surface area (Å²) in [7, 11) is 0. The number of hydrogen-bond donors (Lipinski definition) is 0. The second-order valence-electron chi connectivity index (χ2n) is 3.54. The molecule has 18 heavy (non-hydrogen) atoms. The van der Waals surface area contributed by atoms with Crippen LogP contribution in [0.4, 0.5) is 0 Å². The van der Waals surface area contributed by atoms with E-state index >= 15 is 0 Å². The summed E-state index contributed by atoms with van der Waals surface area (Å²) >= 11 is 1.20. The van der Waals surface area contributed by atoms with E-state index in [2.05, 4.69) is 10.2 Å². The molecular weight excluding hydrogens is 252 g/mol. The van der Waals surface area contributed by atoms with Gasteiger partial charge in [-0.1, -0.05) is 23.9 Å². The first-order valence-electron chi connectivity index (χ1n) is 5.36. The van der Waals surface area contributed by atoms with Crippen LogP contribution in [0.2, 0.25) is 0 Å². The lowest BCUT2D eigenvalue weighted by Gasteiger charge is -2.03. The first-order chi connectivity index (χ1) is 8.78. The average Bonchev–Trinajstić information content (AvgIpc) is 2.82. The molecule has 6 heteroatoms. The topological polar surface area (TPSA) is 65.2 Å². The number of aryl methyl sites for hydroxylation is 1. The van der Waals surface area contributed by atoms with Gasteiger partial charge in [0, 0.05) is 0 Å². The van der Waals surface area contributed by atoms with Crippen molar-refractivity contribution in [2.45, 2.75) is 18.8 Å². The highest BCUT2D eigenvalue weighted by Gasteiger charge is 2.07. The Morgan fingerprint density at radius 2 is 2.33 bits per heavy atom. The van der Waals surface area contributed by atoms with Crippen LogP contribution in [-0.2, 0) is 11.4 Å². The molecule has 0 saturated carbocycles. The second-order valence-corrected chi connectivity index (χ2v) is 4.52. The Bertz CT molecular complexity index is 528. The predicted octanol–water partition coefficient (Wildman–Crippen LogP) is 2.25. The lowest BCUT2D eigenvalue weighted by atomic mass is 10.2. The maximum atomic E-state index is 10.2. The molecule has 0 radical (unpaired) electrons. The zero-order valence-electron chi connectivity index (χ0n) is 9.83. The van der Waals surface area contributed by atoms with E-state index in [0.717, 1.165) is 17.6 Å². The molecule has 2 aromatic rings. The van der Waals surface area contributed by atoms with Gasteiger partial charge in [-0.3, -0.25) is 0 Å². The van der Waals surface area contributed by atoms with Crippen LogP contribution in [0.5, 0.6) is 5.75 Å². The first kappa shape index (κ1) is 12.6. The molecule has 0 atom stereocenters. The fraction of sp³-hybridized carbons (Fsp3) is 0.250. The van der Waals surface area contributed by atoms with Crippen LogP contribution < -0.4 is 4.74 Å². The molecule has 0 bridgehead atoms. The van der Waals surface area contributed by atoms with E-state index in [4.69, 9.17) is 9.15 Å². The van der Waals surface area contributed by atoms with Gasteiger partial charge in [-0.2, -0.15) is 0 Å². The van der Waals surface area contributed by atoms with E-state index in [-0.39, 0.29) is 6.61 Å². The summed E-state index contributed by atoms with van der Waals surface area (Å²) in [6.45, 7) is 2.21. The smallest absolute Gasteiger partial charge is 0.277 e. The number of aromatic nitrogens is 2. The van der Waals surface area contributed by atoms with Gasteiger partial charge in [0.25, 0.3) is 11.1 Å². The van der Waals surface area contributed by atoms with Gasteiger partial charge in [-0.15, -0.1) is 10.2 Å². The average molecular weight is 264 g/mol. The van der Waals surface area contributed by atoms with Gasteiger partial charge in [0.1, 0.15) is 12.0 Å². The number of nitrogens with zero attached hydrogens (tertiary/aromatic N) is 2. The molecule has 0 amide bonds. The molecule has 0 aliphatic heterocycles. The number of benzene rings is 1. The van der Waals surface area contributed by atoms with Crippen molar-refractivity contribution in [1.82, 2.24) is 10.2 Å². The Morgan fingerprint density at radius 1 is 1.44 bits per heavy atom. The molecule has 1 aromatic carbocycles. The van der Waals surface area contributed by atoms with Gasteiger partial charge in [-0.25, -0.2) is 0 Å². The van der Waals surface area contributed by atoms with Crippen molar-refractivity contribution in [2.24, 2.45) is 0 Å². The van der Waals surface area contributed by atoms with Crippen molar-refractivity contribution in [1.29, 1.82) is 0 Å². The molecule has 0 saturated heterocycles. The van der Waals surface area contributed by atoms with Gasteiger partial charge < -0.3 is 13.9 Å². The highest BCUT2D eigenvalue weighted by atomic mass is 32.2. The van der Waals surface area contributed by atoms with Crippen molar-refractivity contribution >= 4 is 18.0 Å². The van der Waals surface area contributed by atoms with Crippen molar-refractivity contribution in [3.8, 4) is 5.75 Å². The van der Waals surface area contributed by atoms with Gasteiger partial charge in [0.2, 0.25) is 0 Å². The molecule has 0 N–H and O–H groups in total. The molecule has 0 spiro atoms. The van der Waals surface area contributed by atoms with Gasteiger partial charge in [0.05, 0.1) is 5.75 Å². The largest absolute Gasteiger partial charge is 0.484 e. The lowest BCUT2D eigenvalue weighted by Crippen LogP contribution is -1.95. The molecule has 0 aliphatic carbocycles. The maximum absolute atomic E-state index is 10.2. The van der Waals surface area contributed by atoms with Crippen LogP contribution in [-0.4, -0.2) is 22.2 Å². The van der Waals surface area contributed by atoms with Crippen molar-refractivity contribution in [3.63, 3.8) is 0 Å². The normalized spacial score (nSPS) is 10.3. The van der Waals surface area contributed by atoms with Crippen LogP contribution in [0.15, 0.2) is 33.9 Å². The molecule has 1 heterocycles. The first-order valence-corrected chi connectivity index (χ1v) is 6.35. The summed E-state index contributed by atoms with van der Waals surface area (Å²) in [6, 6.07) is 7.71. The minimum absolute atomic E-state index is 0.220. The van der Waals surface area contributed by atoms with Crippen LogP contribution >= 0.6 is 11.8 Å². The number of ether oxygens (including phenoxy) is 1. The predicted molar refractivity (Wildman–Crippen MR) is 66.6 cm³/mol. The van der Waals surface area contributed by atoms with E-state index < -0.39 is 0 Å². The summed E-state index contributed by atoms with van der Waals surface area (Å²) < 4.78 is 10.8. The number of carbonyl (C=O) groups is 1. The number of thioether (sulfide) groups is 1. The maximum Gasteiger partial charge on any atom is 0.277 e. The van der Waals surface area contributed by atoms with Crippen molar-refractivity contribution in [3.05, 3.63) is 35.7 Å². The number of hydrogen-bond acceptors (Lipinski definition) is 6. The van der Waals surface area contributed by atoms with E-state index in [0.29, 0.717) is 16.9 Å². The zero-order chi connectivity index (χ0) is 12.8. The van der Waals surface area contributed by atoms with Gasteiger partial charge in [-0.05, 0) is 24.6 Å². The fourth-order valence-corrected chi connectivity index (χ4v) is 1.77. The minimum atomic E-state index is 0.220. The summed E-state index contributed by atoms with van der Waals surface area (Å²) in [5, 5.41) is 8.00. The van der Waals surface area contributed by atoms with Gasteiger partial charge >= 0.3 is 0 Å². The quantitative estimate of drug-likeness (QED) is 0.589. The SMILES string of the molecule is Cc1cccc(OCc2nnc(SCC=O)o2)c1. The molecule has 2 rings (SSSR count). The summed E-state index contributed by atoms with van der Waals surface area (Å²) in [6.07, 6.45) is 0.789. The molecule has 1 aromatic heterocycles. The Morgan fingerprint density at radius 3 is 3.11 bits per heavy atom. The highest BCUT2D eigenvalue weighted by molar-refractivity contribution is 7.99. The Hall–Kier alpha value is -1.82. The molecule has 0 fully saturated rings. The third kappa shape index (κ3) is 3.59. The van der Waals surface area contributed by atoms with Crippen LogP contribution in [0.25, 0.3) is 0 Å². The Kier molecular flexibility index (Phi) is 4.35. The molecule has 5 nitrogen and oxygen atoms in total. The third-order valence-corrected chi connectivity index (χ3v) is 2.79. The van der Waals surface area contributed by atoms with Crippen LogP contribution in [0, 0.1) is 6.92 Å². The van der Waals surface area contributed by atoms with Crippen LogP contribution in [0.1, 0.15) is 11.5 Å². The number of carbonyl (C=O) groups excluding carboxylic acids is 1.